The molecule has 2 aliphatic heterocycles. The van der Waals surface area contributed by atoms with E-state index in [0.29, 0.717) is 12.4 Å². The molecule has 19 heavy (non-hydrogen) atoms. The van der Waals surface area contributed by atoms with Crippen LogP contribution in [0.3, 0.4) is 0 Å². The van der Waals surface area contributed by atoms with Crippen LogP contribution in [0, 0.1) is 6.92 Å². The van der Waals surface area contributed by atoms with Crippen molar-refractivity contribution in [2.24, 2.45) is 4.99 Å². The van der Waals surface area contributed by atoms with Gasteiger partial charge in [0.25, 0.3) is 0 Å². The van der Waals surface area contributed by atoms with Gasteiger partial charge in [0.05, 0.1) is 5.54 Å². The zero-order valence-corrected chi connectivity index (χ0v) is 11.8. The predicted octanol–water partition coefficient (Wildman–Crippen LogP) is 1.16. The van der Waals surface area contributed by atoms with Crippen LogP contribution in [0.5, 0.6) is 0 Å². The Labute approximate surface area is 116 Å². The Morgan fingerprint density at radius 2 is 2.26 bits per heavy atom. The number of thioether (sulfide) groups is 1. The van der Waals surface area contributed by atoms with Gasteiger partial charge in [-0.3, -0.25) is 4.99 Å². The predicted molar refractivity (Wildman–Crippen MR) is 73.4 cm³/mol. The molecule has 1 aromatic heterocycles. The van der Waals surface area contributed by atoms with Gasteiger partial charge in [-0.15, -0.1) is 0 Å². The Hall–Kier alpha value is -1.08. The first-order valence-electron chi connectivity index (χ1n) is 6.58. The van der Waals surface area contributed by atoms with E-state index in [9.17, 15) is 0 Å². The lowest BCUT2D eigenvalue weighted by Gasteiger charge is -2.32. The van der Waals surface area contributed by atoms with Crippen LogP contribution in [-0.4, -0.2) is 46.4 Å². The fourth-order valence-corrected chi connectivity index (χ4v) is 3.57. The van der Waals surface area contributed by atoms with Crippen LogP contribution in [0.15, 0.2) is 9.52 Å². The molecule has 0 atom stereocenters. The lowest BCUT2D eigenvalue weighted by Crippen LogP contribution is -2.48. The minimum absolute atomic E-state index is 0.213. The van der Waals surface area contributed by atoms with Gasteiger partial charge in [-0.2, -0.15) is 4.98 Å². The third kappa shape index (κ3) is 3.09. The molecule has 0 bridgehead atoms. The van der Waals surface area contributed by atoms with E-state index in [0.717, 1.165) is 49.2 Å². The lowest BCUT2D eigenvalue weighted by atomic mass is 9.93. The van der Waals surface area contributed by atoms with Gasteiger partial charge in [0, 0.05) is 38.9 Å². The van der Waals surface area contributed by atoms with Gasteiger partial charge in [0.2, 0.25) is 5.89 Å². The lowest BCUT2D eigenvalue weighted by molar-refractivity contribution is 0.0555. The zero-order valence-electron chi connectivity index (χ0n) is 11.0. The number of aromatic nitrogens is 2. The minimum atomic E-state index is 0.213. The number of aliphatic imine (C=N–C) groups is 1. The number of ether oxygens (including phenoxy) is 1. The summed E-state index contributed by atoms with van der Waals surface area (Å²) in [6.45, 7) is 4.19. The zero-order chi connectivity index (χ0) is 13.1. The SMILES string of the molecule is Cc1nc(CCN=C2NC3(CCOCC3)CS2)no1. The highest BCUT2D eigenvalue weighted by Crippen LogP contribution is 2.31. The van der Waals surface area contributed by atoms with Crippen LogP contribution < -0.4 is 5.32 Å². The van der Waals surface area contributed by atoms with E-state index in [-0.39, 0.29) is 5.54 Å². The van der Waals surface area contributed by atoms with Crippen LogP contribution in [0.2, 0.25) is 0 Å². The molecule has 0 radical (unpaired) electrons. The molecule has 2 saturated heterocycles. The maximum Gasteiger partial charge on any atom is 0.223 e. The molecular weight excluding hydrogens is 264 g/mol. The number of rotatable bonds is 3. The molecule has 0 aliphatic carbocycles. The quantitative estimate of drug-likeness (QED) is 0.897. The van der Waals surface area contributed by atoms with Crippen LogP contribution in [-0.2, 0) is 11.2 Å². The fraction of sp³-hybridized carbons (Fsp3) is 0.750. The summed E-state index contributed by atoms with van der Waals surface area (Å²) in [6.07, 6.45) is 2.87. The number of hydrogen-bond donors (Lipinski definition) is 1. The number of aryl methyl sites for hydroxylation is 1. The molecule has 1 N–H and O–H groups in total. The molecule has 6 nitrogen and oxygen atoms in total. The largest absolute Gasteiger partial charge is 0.381 e. The Morgan fingerprint density at radius 3 is 3.00 bits per heavy atom. The molecule has 104 valence electrons. The Morgan fingerprint density at radius 1 is 1.42 bits per heavy atom. The average molecular weight is 282 g/mol. The number of hydrogen-bond acceptors (Lipinski definition) is 6. The monoisotopic (exact) mass is 282 g/mol. The second-order valence-corrected chi connectivity index (χ2v) is 5.94. The standard InChI is InChI=1S/C12H18N4O2S/c1-9-14-10(16-18-9)2-5-13-11-15-12(8-19-11)3-6-17-7-4-12/h2-8H2,1H3,(H,13,15). The van der Waals surface area contributed by atoms with Crippen molar-refractivity contribution < 1.29 is 9.26 Å². The Kier molecular flexibility index (Phi) is 3.74. The molecule has 1 aromatic rings. The molecule has 0 unspecified atom stereocenters. The molecule has 3 heterocycles. The van der Waals surface area contributed by atoms with Crippen molar-refractivity contribution in [1.82, 2.24) is 15.5 Å². The first kappa shape index (κ1) is 12.9. The molecule has 2 aliphatic rings. The number of amidine groups is 1. The van der Waals surface area contributed by atoms with Gasteiger partial charge in [0.1, 0.15) is 0 Å². The van der Waals surface area contributed by atoms with E-state index in [4.69, 9.17) is 9.26 Å². The summed E-state index contributed by atoms with van der Waals surface area (Å²) in [5.74, 6) is 2.43. The van der Waals surface area contributed by atoms with Crippen molar-refractivity contribution in [3.8, 4) is 0 Å². The average Bonchev–Trinajstić information content (AvgIpc) is 2.99. The van der Waals surface area contributed by atoms with Crippen LogP contribution in [0.1, 0.15) is 24.6 Å². The minimum Gasteiger partial charge on any atom is -0.381 e. The van der Waals surface area contributed by atoms with Gasteiger partial charge in [-0.1, -0.05) is 16.9 Å². The van der Waals surface area contributed by atoms with Crippen molar-refractivity contribution >= 4 is 16.9 Å². The highest BCUT2D eigenvalue weighted by Gasteiger charge is 2.38. The van der Waals surface area contributed by atoms with E-state index in [1.165, 1.54) is 0 Å². The Bertz CT molecular complexity index is 468. The summed E-state index contributed by atoms with van der Waals surface area (Å²) < 4.78 is 10.3. The maximum atomic E-state index is 5.42. The maximum absolute atomic E-state index is 5.42. The Balaban J connectivity index is 1.51. The molecule has 0 amide bonds. The van der Waals surface area contributed by atoms with Crippen molar-refractivity contribution in [2.45, 2.75) is 31.7 Å². The summed E-state index contributed by atoms with van der Waals surface area (Å²) in [7, 11) is 0. The first-order valence-corrected chi connectivity index (χ1v) is 7.57. The third-order valence-electron chi connectivity index (χ3n) is 3.47. The molecule has 7 heteroatoms. The van der Waals surface area contributed by atoms with Crippen LogP contribution in [0.25, 0.3) is 0 Å². The van der Waals surface area contributed by atoms with Gasteiger partial charge in [-0.25, -0.2) is 0 Å². The topological polar surface area (TPSA) is 72.5 Å². The molecular formula is C12H18N4O2S. The smallest absolute Gasteiger partial charge is 0.223 e. The van der Waals surface area contributed by atoms with Crippen molar-refractivity contribution in [3.05, 3.63) is 11.7 Å². The van der Waals surface area contributed by atoms with Crippen molar-refractivity contribution in [2.75, 3.05) is 25.5 Å². The van der Waals surface area contributed by atoms with Gasteiger partial charge >= 0.3 is 0 Å². The van der Waals surface area contributed by atoms with E-state index in [1.807, 2.05) is 11.8 Å². The second-order valence-electron chi connectivity index (χ2n) is 4.97. The van der Waals surface area contributed by atoms with E-state index in [1.54, 1.807) is 6.92 Å². The van der Waals surface area contributed by atoms with Crippen molar-refractivity contribution in [1.29, 1.82) is 0 Å². The van der Waals surface area contributed by atoms with Gasteiger partial charge in [-0.05, 0) is 12.8 Å². The third-order valence-corrected chi connectivity index (χ3v) is 4.67. The van der Waals surface area contributed by atoms with Crippen molar-refractivity contribution in [3.63, 3.8) is 0 Å². The molecule has 0 saturated carbocycles. The van der Waals surface area contributed by atoms with Gasteiger partial charge < -0.3 is 14.6 Å². The fourth-order valence-electron chi connectivity index (χ4n) is 2.32. The van der Waals surface area contributed by atoms with Crippen LogP contribution >= 0.6 is 11.8 Å². The van der Waals surface area contributed by atoms with Crippen LogP contribution in [0.4, 0.5) is 0 Å². The normalized spacial score (nSPS) is 23.9. The number of nitrogens with zero attached hydrogens (tertiary/aromatic N) is 3. The second kappa shape index (κ2) is 5.50. The first-order chi connectivity index (χ1) is 9.26. The van der Waals surface area contributed by atoms with E-state index in [2.05, 4.69) is 20.4 Å². The summed E-state index contributed by atoms with van der Waals surface area (Å²) in [5.41, 5.74) is 0.213. The summed E-state index contributed by atoms with van der Waals surface area (Å²) in [6, 6.07) is 0. The highest BCUT2D eigenvalue weighted by atomic mass is 32.2. The van der Waals surface area contributed by atoms with E-state index >= 15 is 0 Å². The summed E-state index contributed by atoms with van der Waals surface area (Å²) >= 11 is 1.81. The summed E-state index contributed by atoms with van der Waals surface area (Å²) in [4.78, 5) is 8.75. The van der Waals surface area contributed by atoms with Gasteiger partial charge in [0.15, 0.2) is 11.0 Å². The molecule has 1 spiro atoms. The highest BCUT2D eigenvalue weighted by molar-refractivity contribution is 8.14. The molecule has 2 fully saturated rings. The molecule has 3 rings (SSSR count). The number of nitrogens with one attached hydrogen (secondary N) is 1. The molecule has 0 aromatic carbocycles. The summed E-state index contributed by atoms with van der Waals surface area (Å²) in [5, 5.41) is 8.47. The van der Waals surface area contributed by atoms with E-state index < -0.39 is 0 Å².